The van der Waals surface area contributed by atoms with Gasteiger partial charge in [0.25, 0.3) is 0 Å². The third kappa shape index (κ3) is 10.1. The highest BCUT2D eigenvalue weighted by Crippen LogP contribution is 2.05. The molecule has 0 rings (SSSR count). The van der Waals surface area contributed by atoms with Crippen LogP contribution in [0.5, 0.6) is 0 Å². The Hall–Kier alpha value is -2.34. The number of rotatable bonds is 13. The van der Waals surface area contributed by atoms with Crippen LogP contribution >= 0.6 is 11.8 Å². The molecule has 11 nitrogen and oxygen atoms in total. The summed E-state index contributed by atoms with van der Waals surface area (Å²) in [6, 6.07) is -3.44. The zero-order valence-corrected chi connectivity index (χ0v) is 16.9. The topological polar surface area (TPSA) is 188 Å². The molecule has 0 saturated carbocycles. The summed E-state index contributed by atoms with van der Waals surface area (Å²) >= 11 is 1.49. The van der Waals surface area contributed by atoms with Crippen molar-refractivity contribution in [2.24, 2.45) is 11.7 Å². The molecule has 0 spiro atoms. The van der Waals surface area contributed by atoms with Crippen molar-refractivity contribution in [2.75, 3.05) is 18.6 Å². The molecule has 0 aromatic rings. The number of carbonyl (C=O) groups excluding carboxylic acids is 3. The highest BCUT2D eigenvalue weighted by molar-refractivity contribution is 7.98. The minimum atomic E-state index is -1.43. The number of amides is 3. The quantitative estimate of drug-likeness (QED) is 0.203. The fourth-order valence-electron chi connectivity index (χ4n) is 2.10. The molecule has 3 unspecified atom stereocenters. The molecule has 0 aliphatic heterocycles. The van der Waals surface area contributed by atoms with E-state index in [0.29, 0.717) is 12.2 Å². The van der Waals surface area contributed by atoms with Gasteiger partial charge in [0.1, 0.15) is 18.6 Å². The molecule has 3 amide bonds. The number of hydrogen-bond acceptors (Lipinski definition) is 7. The average molecular weight is 420 g/mol. The standard InChI is InChI=1S/C16H28N4O7S/c1-8(2)13(16(27)18-7-12(23)24)20-15(26)10(6-11(21)22)19-14(25)9(17)4-5-28-3/h8-10,13H,4-7,17H2,1-3H3,(H,18,27)(H,19,25)(H,20,26)(H,21,22)(H,23,24). The van der Waals surface area contributed by atoms with Crippen molar-refractivity contribution < 1.29 is 34.2 Å². The van der Waals surface area contributed by atoms with Crippen molar-refractivity contribution in [1.29, 1.82) is 0 Å². The van der Waals surface area contributed by atoms with Gasteiger partial charge in [0, 0.05) is 0 Å². The van der Waals surface area contributed by atoms with Crippen molar-refractivity contribution in [3.8, 4) is 0 Å². The van der Waals surface area contributed by atoms with Crippen molar-refractivity contribution in [3.05, 3.63) is 0 Å². The zero-order valence-electron chi connectivity index (χ0n) is 16.1. The molecule has 160 valence electrons. The predicted octanol–water partition coefficient (Wildman–Crippen LogP) is -1.63. The van der Waals surface area contributed by atoms with E-state index >= 15 is 0 Å². The minimum Gasteiger partial charge on any atom is -0.481 e. The number of thioether (sulfide) groups is 1. The molecule has 3 atom stereocenters. The molecule has 0 aromatic carbocycles. The van der Waals surface area contributed by atoms with E-state index in [0.717, 1.165) is 0 Å². The minimum absolute atomic E-state index is 0.348. The Bertz CT molecular complexity index is 585. The van der Waals surface area contributed by atoms with Crippen LogP contribution in [0.3, 0.4) is 0 Å². The number of aliphatic carboxylic acids is 2. The van der Waals surface area contributed by atoms with E-state index in [1.54, 1.807) is 13.8 Å². The van der Waals surface area contributed by atoms with Crippen LogP contribution in [-0.2, 0) is 24.0 Å². The largest absolute Gasteiger partial charge is 0.481 e. The Labute approximate surface area is 167 Å². The maximum absolute atomic E-state index is 12.5. The highest BCUT2D eigenvalue weighted by atomic mass is 32.2. The van der Waals surface area contributed by atoms with Gasteiger partial charge >= 0.3 is 11.9 Å². The Morgan fingerprint density at radius 1 is 0.964 bits per heavy atom. The second kappa shape index (κ2) is 12.9. The lowest BCUT2D eigenvalue weighted by atomic mass is 10.0. The normalized spacial score (nSPS) is 13.9. The van der Waals surface area contributed by atoms with Gasteiger partial charge in [-0.2, -0.15) is 11.8 Å². The van der Waals surface area contributed by atoms with Gasteiger partial charge in [-0.15, -0.1) is 0 Å². The first-order valence-electron chi connectivity index (χ1n) is 8.56. The summed E-state index contributed by atoms with van der Waals surface area (Å²) in [4.78, 5) is 58.3. The number of carbonyl (C=O) groups is 5. The fourth-order valence-corrected chi connectivity index (χ4v) is 2.59. The summed E-state index contributed by atoms with van der Waals surface area (Å²) in [5.41, 5.74) is 5.72. The first-order chi connectivity index (χ1) is 13.0. The van der Waals surface area contributed by atoms with E-state index in [4.69, 9.17) is 15.9 Å². The van der Waals surface area contributed by atoms with Gasteiger partial charge in [-0.3, -0.25) is 24.0 Å². The van der Waals surface area contributed by atoms with E-state index in [9.17, 15) is 24.0 Å². The monoisotopic (exact) mass is 420 g/mol. The van der Waals surface area contributed by atoms with Crippen LogP contribution in [0.25, 0.3) is 0 Å². The summed E-state index contributed by atoms with van der Waals surface area (Å²) < 4.78 is 0. The molecule has 0 fully saturated rings. The first-order valence-corrected chi connectivity index (χ1v) is 9.95. The summed E-state index contributed by atoms with van der Waals surface area (Å²) in [6.07, 6.45) is 1.49. The van der Waals surface area contributed by atoms with E-state index < -0.39 is 66.7 Å². The third-order valence-corrected chi connectivity index (χ3v) is 4.29. The Morgan fingerprint density at radius 2 is 1.57 bits per heavy atom. The van der Waals surface area contributed by atoms with E-state index in [1.165, 1.54) is 11.8 Å². The molecule has 0 bridgehead atoms. The molecule has 0 radical (unpaired) electrons. The summed E-state index contributed by atoms with van der Waals surface area (Å²) in [5, 5.41) is 24.5. The van der Waals surface area contributed by atoms with Crippen LogP contribution in [0.1, 0.15) is 26.7 Å². The van der Waals surface area contributed by atoms with Crippen LogP contribution in [-0.4, -0.2) is 76.6 Å². The van der Waals surface area contributed by atoms with Gasteiger partial charge in [-0.1, -0.05) is 13.8 Å². The maximum atomic E-state index is 12.5. The van der Waals surface area contributed by atoms with Crippen molar-refractivity contribution in [3.63, 3.8) is 0 Å². The molecule has 28 heavy (non-hydrogen) atoms. The fraction of sp³-hybridized carbons (Fsp3) is 0.688. The first kappa shape index (κ1) is 25.7. The molecular formula is C16H28N4O7S. The zero-order chi connectivity index (χ0) is 21.9. The second-order valence-electron chi connectivity index (χ2n) is 6.39. The molecule has 0 aliphatic rings. The van der Waals surface area contributed by atoms with E-state index in [-0.39, 0.29) is 0 Å². The number of carboxylic acids is 2. The van der Waals surface area contributed by atoms with Gasteiger partial charge in [-0.25, -0.2) is 0 Å². The van der Waals surface area contributed by atoms with Crippen molar-refractivity contribution >= 4 is 41.4 Å². The number of nitrogens with one attached hydrogen (secondary N) is 3. The number of carboxylic acid groups (broad SMARTS) is 2. The van der Waals surface area contributed by atoms with Crippen LogP contribution in [0.4, 0.5) is 0 Å². The predicted molar refractivity (Wildman–Crippen MR) is 103 cm³/mol. The Balaban J connectivity index is 5.14. The SMILES string of the molecule is CSCCC(N)C(=O)NC(CC(=O)O)C(=O)NC(C(=O)NCC(=O)O)C(C)C. The molecule has 0 heterocycles. The molecule has 0 aromatic heterocycles. The molecule has 7 N–H and O–H groups in total. The van der Waals surface area contributed by atoms with Crippen LogP contribution in [0, 0.1) is 5.92 Å². The number of nitrogens with two attached hydrogens (primary N) is 1. The third-order valence-electron chi connectivity index (χ3n) is 3.64. The molecular weight excluding hydrogens is 392 g/mol. The van der Waals surface area contributed by atoms with Crippen molar-refractivity contribution in [2.45, 2.75) is 44.8 Å². The Kier molecular flexibility index (Phi) is 11.9. The van der Waals surface area contributed by atoms with E-state index in [2.05, 4.69) is 16.0 Å². The maximum Gasteiger partial charge on any atom is 0.322 e. The summed E-state index contributed by atoms with van der Waals surface area (Å²) in [7, 11) is 0. The smallest absolute Gasteiger partial charge is 0.322 e. The summed E-state index contributed by atoms with van der Waals surface area (Å²) in [6.45, 7) is 2.61. The Morgan fingerprint density at radius 3 is 2.04 bits per heavy atom. The highest BCUT2D eigenvalue weighted by Gasteiger charge is 2.31. The van der Waals surface area contributed by atoms with Gasteiger partial charge in [0.2, 0.25) is 17.7 Å². The molecule has 0 saturated heterocycles. The lowest BCUT2D eigenvalue weighted by Crippen LogP contribution is -2.57. The molecule has 0 aliphatic carbocycles. The second-order valence-corrected chi connectivity index (χ2v) is 7.37. The van der Waals surface area contributed by atoms with E-state index in [1.807, 2.05) is 6.26 Å². The summed E-state index contributed by atoms with van der Waals surface area (Å²) in [5.74, 6) is -4.66. The van der Waals surface area contributed by atoms with Crippen LogP contribution in [0.2, 0.25) is 0 Å². The van der Waals surface area contributed by atoms with Crippen molar-refractivity contribution in [1.82, 2.24) is 16.0 Å². The molecule has 12 heteroatoms. The average Bonchev–Trinajstić information content (AvgIpc) is 2.60. The van der Waals surface area contributed by atoms with Gasteiger partial charge in [0.05, 0.1) is 12.5 Å². The van der Waals surface area contributed by atoms with Crippen LogP contribution in [0.15, 0.2) is 0 Å². The van der Waals surface area contributed by atoms with Gasteiger partial charge < -0.3 is 31.9 Å². The lowest BCUT2D eigenvalue weighted by Gasteiger charge is -2.25. The van der Waals surface area contributed by atoms with Crippen LogP contribution < -0.4 is 21.7 Å². The van der Waals surface area contributed by atoms with Gasteiger partial charge in [0.15, 0.2) is 0 Å². The lowest BCUT2D eigenvalue weighted by molar-refractivity contribution is -0.142. The van der Waals surface area contributed by atoms with Gasteiger partial charge in [-0.05, 0) is 24.3 Å². The number of hydrogen-bond donors (Lipinski definition) is 6.